The average molecular weight is 226 g/mol. The van der Waals surface area contributed by atoms with Gasteiger partial charge in [-0.2, -0.15) is 0 Å². The van der Waals surface area contributed by atoms with Gasteiger partial charge in [0.25, 0.3) is 6.47 Å². The lowest BCUT2D eigenvalue weighted by molar-refractivity contribution is -0.128. The lowest BCUT2D eigenvalue weighted by Crippen LogP contribution is -2.08. The molecular formula is C12H15FO3. The number of rotatable bonds is 2. The first-order valence-electron chi connectivity index (χ1n) is 5.24. The van der Waals surface area contributed by atoms with Crippen molar-refractivity contribution < 1.29 is 18.7 Å². The number of carbonyl (C=O) groups excluding carboxylic acids is 1. The monoisotopic (exact) mass is 226 g/mol. The summed E-state index contributed by atoms with van der Waals surface area (Å²) in [4.78, 5) is 9.18. The zero-order valence-corrected chi connectivity index (χ0v) is 9.24. The summed E-state index contributed by atoms with van der Waals surface area (Å²) >= 11 is 0. The van der Waals surface area contributed by atoms with Crippen molar-refractivity contribution in [1.82, 2.24) is 0 Å². The van der Waals surface area contributed by atoms with Gasteiger partial charge in [-0.15, -0.1) is 0 Å². The first kappa shape index (κ1) is 12.5. The van der Waals surface area contributed by atoms with Gasteiger partial charge in [-0.05, 0) is 43.5 Å². The van der Waals surface area contributed by atoms with Gasteiger partial charge < -0.3 is 9.47 Å². The van der Waals surface area contributed by atoms with Gasteiger partial charge in [0.2, 0.25) is 0 Å². The Hall–Kier alpha value is -1.58. The van der Waals surface area contributed by atoms with E-state index in [4.69, 9.17) is 4.74 Å². The molecule has 1 aliphatic rings. The number of benzene rings is 1. The summed E-state index contributed by atoms with van der Waals surface area (Å²) in [6, 6.07) is 4.68. The van der Waals surface area contributed by atoms with Crippen molar-refractivity contribution in [2.75, 3.05) is 13.2 Å². The van der Waals surface area contributed by atoms with Gasteiger partial charge in [-0.3, -0.25) is 4.79 Å². The number of hydrogen-bond donors (Lipinski definition) is 0. The second kappa shape index (κ2) is 6.82. The maximum Gasteiger partial charge on any atom is 0.293 e. The minimum absolute atomic E-state index is 0.172. The Bertz CT molecular complexity index is 339. The van der Waals surface area contributed by atoms with E-state index in [1.807, 2.05) is 0 Å². The number of fused-ring (bicyclic) bond motifs is 1. The van der Waals surface area contributed by atoms with Crippen LogP contribution < -0.4 is 4.74 Å². The molecule has 3 nitrogen and oxygen atoms in total. The molecule has 0 aromatic heterocycles. The molecule has 88 valence electrons. The lowest BCUT2D eigenvalue weighted by atomic mass is 10.1. The Labute approximate surface area is 94.2 Å². The standard InChI is InChI=1S/C9H9FO.C3H6O2/c10-8-3-4-9-7(6-8)2-1-5-11-9;1-2-5-3-4/h3-4,6H,1-2,5H2;3H,2H2,1H3. The van der Waals surface area contributed by atoms with Crippen LogP contribution in [0.25, 0.3) is 0 Å². The third-order valence-corrected chi connectivity index (χ3v) is 2.11. The molecule has 0 spiro atoms. The summed E-state index contributed by atoms with van der Waals surface area (Å²) in [5, 5.41) is 0. The Kier molecular flexibility index (Phi) is 5.32. The maximum absolute atomic E-state index is 12.6. The summed E-state index contributed by atoms with van der Waals surface area (Å²) in [6.45, 7) is 3.43. The smallest absolute Gasteiger partial charge is 0.293 e. The quantitative estimate of drug-likeness (QED) is 0.726. The van der Waals surface area contributed by atoms with Crippen molar-refractivity contribution in [2.45, 2.75) is 19.8 Å². The molecule has 2 rings (SSSR count). The molecule has 0 radical (unpaired) electrons. The van der Waals surface area contributed by atoms with Crippen molar-refractivity contribution in [2.24, 2.45) is 0 Å². The third kappa shape index (κ3) is 3.88. The van der Waals surface area contributed by atoms with Gasteiger partial charge in [0, 0.05) is 0 Å². The molecule has 0 saturated heterocycles. The molecular weight excluding hydrogens is 211 g/mol. The van der Waals surface area contributed by atoms with Crippen molar-refractivity contribution in [3.05, 3.63) is 29.6 Å². The zero-order chi connectivity index (χ0) is 11.8. The summed E-state index contributed by atoms with van der Waals surface area (Å²) < 4.78 is 22.1. The van der Waals surface area contributed by atoms with Gasteiger partial charge in [0.15, 0.2) is 0 Å². The van der Waals surface area contributed by atoms with Crippen LogP contribution in [0.3, 0.4) is 0 Å². The number of hydrogen-bond acceptors (Lipinski definition) is 3. The summed E-state index contributed by atoms with van der Waals surface area (Å²) in [7, 11) is 0. The Morgan fingerprint density at radius 1 is 1.56 bits per heavy atom. The van der Waals surface area contributed by atoms with Crippen LogP contribution in [-0.4, -0.2) is 19.7 Å². The van der Waals surface area contributed by atoms with Crippen LogP contribution in [-0.2, 0) is 16.0 Å². The molecule has 1 heterocycles. The first-order valence-corrected chi connectivity index (χ1v) is 5.24. The fraction of sp³-hybridized carbons (Fsp3) is 0.417. The minimum atomic E-state index is -0.172. The van der Waals surface area contributed by atoms with E-state index in [1.54, 1.807) is 19.1 Å². The van der Waals surface area contributed by atoms with E-state index in [-0.39, 0.29) is 5.82 Å². The molecule has 0 unspecified atom stereocenters. The summed E-state index contributed by atoms with van der Waals surface area (Å²) in [5.41, 5.74) is 0.997. The molecule has 0 bridgehead atoms. The highest BCUT2D eigenvalue weighted by atomic mass is 19.1. The van der Waals surface area contributed by atoms with Crippen LogP contribution in [0, 0.1) is 5.82 Å². The van der Waals surface area contributed by atoms with Gasteiger partial charge in [-0.25, -0.2) is 4.39 Å². The Morgan fingerprint density at radius 3 is 3.00 bits per heavy atom. The maximum atomic E-state index is 12.6. The van der Waals surface area contributed by atoms with Crippen LogP contribution in [0.2, 0.25) is 0 Å². The second-order valence-electron chi connectivity index (χ2n) is 3.26. The van der Waals surface area contributed by atoms with Gasteiger partial charge in [-0.1, -0.05) is 0 Å². The highest BCUT2D eigenvalue weighted by molar-refractivity contribution is 5.36. The van der Waals surface area contributed by atoms with E-state index < -0.39 is 0 Å². The van der Waals surface area contributed by atoms with E-state index in [0.717, 1.165) is 30.8 Å². The summed E-state index contributed by atoms with van der Waals surface area (Å²) in [6.07, 6.45) is 1.93. The van der Waals surface area contributed by atoms with Crippen LogP contribution >= 0.6 is 0 Å². The van der Waals surface area contributed by atoms with E-state index in [0.29, 0.717) is 13.1 Å². The molecule has 0 saturated carbocycles. The normalized spacial score (nSPS) is 12.6. The Balaban J connectivity index is 0.000000221. The van der Waals surface area contributed by atoms with Crippen molar-refractivity contribution in [1.29, 1.82) is 0 Å². The highest BCUT2D eigenvalue weighted by Gasteiger charge is 2.09. The average Bonchev–Trinajstić information content (AvgIpc) is 2.31. The fourth-order valence-corrected chi connectivity index (χ4v) is 1.40. The van der Waals surface area contributed by atoms with E-state index in [1.165, 1.54) is 6.07 Å². The molecule has 1 aromatic rings. The zero-order valence-electron chi connectivity index (χ0n) is 9.24. The first-order chi connectivity index (χ1) is 7.77. The fourth-order valence-electron chi connectivity index (χ4n) is 1.40. The van der Waals surface area contributed by atoms with Gasteiger partial charge in [0.05, 0.1) is 13.2 Å². The molecule has 4 heteroatoms. The molecule has 1 aliphatic heterocycles. The highest BCUT2D eigenvalue weighted by Crippen LogP contribution is 2.24. The molecule has 1 aromatic carbocycles. The second-order valence-corrected chi connectivity index (χ2v) is 3.26. The molecule has 0 aliphatic carbocycles. The number of ether oxygens (including phenoxy) is 2. The molecule has 0 N–H and O–H groups in total. The third-order valence-electron chi connectivity index (χ3n) is 2.11. The molecule has 16 heavy (non-hydrogen) atoms. The number of aryl methyl sites for hydroxylation is 1. The minimum Gasteiger partial charge on any atom is -0.493 e. The van der Waals surface area contributed by atoms with E-state index >= 15 is 0 Å². The van der Waals surface area contributed by atoms with Crippen LogP contribution in [0.5, 0.6) is 5.75 Å². The van der Waals surface area contributed by atoms with Crippen molar-refractivity contribution in [3.8, 4) is 5.75 Å². The van der Waals surface area contributed by atoms with Crippen LogP contribution in [0.1, 0.15) is 18.9 Å². The van der Waals surface area contributed by atoms with E-state index in [9.17, 15) is 9.18 Å². The van der Waals surface area contributed by atoms with Crippen LogP contribution in [0.15, 0.2) is 18.2 Å². The largest absolute Gasteiger partial charge is 0.493 e. The number of halogens is 1. The topological polar surface area (TPSA) is 35.5 Å². The van der Waals surface area contributed by atoms with Gasteiger partial charge >= 0.3 is 0 Å². The van der Waals surface area contributed by atoms with E-state index in [2.05, 4.69) is 4.74 Å². The molecule has 0 amide bonds. The summed E-state index contributed by atoms with van der Waals surface area (Å²) in [5.74, 6) is 0.673. The van der Waals surface area contributed by atoms with Crippen molar-refractivity contribution >= 4 is 6.47 Å². The predicted octanol–water partition coefficient (Wildman–Crippen LogP) is 2.33. The Morgan fingerprint density at radius 2 is 2.38 bits per heavy atom. The SMILES string of the molecule is CCOC=O.Fc1ccc2c(c1)CCCO2. The van der Waals surface area contributed by atoms with Gasteiger partial charge in [0.1, 0.15) is 11.6 Å². The molecule has 0 atom stereocenters. The molecule has 0 fully saturated rings. The number of carbonyl (C=O) groups is 1. The van der Waals surface area contributed by atoms with Crippen LogP contribution in [0.4, 0.5) is 4.39 Å². The predicted molar refractivity (Wildman–Crippen MR) is 57.9 cm³/mol. The van der Waals surface area contributed by atoms with Crippen molar-refractivity contribution in [3.63, 3.8) is 0 Å². The lowest BCUT2D eigenvalue weighted by Gasteiger charge is -2.16.